The molecular weight excluding hydrogens is 181 g/mol. The molecular formula is C11H14FNO. The fourth-order valence-corrected chi connectivity index (χ4v) is 1.84. The first-order valence-electron chi connectivity index (χ1n) is 4.74. The topological polar surface area (TPSA) is 35.2 Å². The van der Waals surface area contributed by atoms with Crippen LogP contribution in [0.15, 0.2) is 24.3 Å². The third-order valence-electron chi connectivity index (χ3n) is 2.61. The van der Waals surface area contributed by atoms with Crippen LogP contribution in [0, 0.1) is 0 Å². The minimum atomic E-state index is -0.756. The molecule has 0 aliphatic carbocycles. The fraction of sp³-hybridized carbons (Fsp3) is 0.455. The van der Waals surface area contributed by atoms with Crippen LogP contribution in [0.25, 0.3) is 0 Å². The van der Waals surface area contributed by atoms with Crippen molar-refractivity contribution in [1.29, 1.82) is 0 Å². The van der Waals surface area contributed by atoms with E-state index in [0.717, 1.165) is 5.56 Å². The summed E-state index contributed by atoms with van der Waals surface area (Å²) in [6.45, 7) is 1.25. The van der Waals surface area contributed by atoms with E-state index in [9.17, 15) is 4.39 Å². The number of fused-ring (bicyclic) bond motifs is 1. The largest absolute Gasteiger partial charge is 0.484 e. The summed E-state index contributed by atoms with van der Waals surface area (Å²) < 4.78 is 18.3. The molecule has 1 aromatic rings. The molecule has 0 amide bonds. The zero-order valence-electron chi connectivity index (χ0n) is 8.16. The summed E-state index contributed by atoms with van der Waals surface area (Å²) in [6.07, 6.45) is 0.528. The number of benzene rings is 1. The molecule has 14 heavy (non-hydrogen) atoms. The molecule has 0 spiro atoms. The molecule has 3 heteroatoms. The van der Waals surface area contributed by atoms with Gasteiger partial charge in [-0.1, -0.05) is 18.2 Å². The lowest BCUT2D eigenvalue weighted by molar-refractivity contribution is 0.0297. The van der Waals surface area contributed by atoms with Gasteiger partial charge in [0.1, 0.15) is 18.0 Å². The van der Waals surface area contributed by atoms with Crippen LogP contribution >= 0.6 is 0 Å². The molecule has 0 aromatic heterocycles. The average Bonchev–Trinajstić information content (AvgIpc) is 2.18. The Morgan fingerprint density at radius 3 is 3.00 bits per heavy atom. The Bertz CT molecular complexity index is 342. The third kappa shape index (κ3) is 1.48. The van der Waals surface area contributed by atoms with Crippen molar-refractivity contribution in [2.24, 2.45) is 5.73 Å². The molecule has 1 aromatic carbocycles. The smallest absolute Gasteiger partial charge is 0.136 e. The Morgan fingerprint density at radius 1 is 1.57 bits per heavy atom. The maximum atomic E-state index is 12.7. The Morgan fingerprint density at radius 2 is 2.29 bits per heavy atom. The van der Waals surface area contributed by atoms with Gasteiger partial charge in [0.2, 0.25) is 0 Å². The van der Waals surface area contributed by atoms with Gasteiger partial charge in [0, 0.05) is 18.0 Å². The van der Waals surface area contributed by atoms with Crippen LogP contribution in [-0.4, -0.2) is 12.3 Å². The molecule has 2 nitrogen and oxygen atoms in total. The van der Waals surface area contributed by atoms with Gasteiger partial charge in [-0.25, -0.2) is 4.39 Å². The van der Waals surface area contributed by atoms with Gasteiger partial charge in [0.05, 0.1) is 0 Å². The second-order valence-electron chi connectivity index (χ2n) is 4.03. The van der Waals surface area contributed by atoms with E-state index in [1.165, 1.54) is 0 Å². The van der Waals surface area contributed by atoms with E-state index in [4.69, 9.17) is 10.5 Å². The lowest BCUT2D eigenvalue weighted by Gasteiger charge is -2.36. The molecule has 1 aliphatic rings. The number of nitrogens with two attached hydrogens (primary N) is 1. The van der Waals surface area contributed by atoms with Crippen molar-refractivity contribution >= 4 is 0 Å². The number of halogens is 1. The second kappa shape index (κ2) is 3.24. The average molecular weight is 195 g/mol. The van der Waals surface area contributed by atoms with Crippen LogP contribution in [-0.2, 0) is 0 Å². The molecule has 0 saturated carbocycles. The van der Waals surface area contributed by atoms with Gasteiger partial charge in [0.15, 0.2) is 0 Å². The van der Waals surface area contributed by atoms with Crippen molar-refractivity contribution in [3.63, 3.8) is 0 Å². The van der Waals surface area contributed by atoms with Crippen molar-refractivity contribution in [1.82, 2.24) is 0 Å². The van der Waals surface area contributed by atoms with Crippen LogP contribution in [0.5, 0.6) is 5.75 Å². The monoisotopic (exact) mass is 195 g/mol. The highest BCUT2D eigenvalue weighted by Crippen LogP contribution is 2.38. The summed E-state index contributed by atoms with van der Waals surface area (Å²) in [4.78, 5) is 0. The fourth-order valence-electron chi connectivity index (χ4n) is 1.84. The van der Waals surface area contributed by atoms with E-state index in [1.807, 2.05) is 24.3 Å². The van der Waals surface area contributed by atoms with Gasteiger partial charge < -0.3 is 10.5 Å². The molecule has 0 unspecified atom stereocenters. The minimum Gasteiger partial charge on any atom is -0.484 e. The lowest BCUT2D eigenvalue weighted by atomic mass is 9.90. The molecule has 0 radical (unpaired) electrons. The van der Waals surface area contributed by atoms with Crippen molar-refractivity contribution in [2.45, 2.75) is 25.0 Å². The van der Waals surface area contributed by atoms with Gasteiger partial charge in [-0.2, -0.15) is 0 Å². The van der Waals surface area contributed by atoms with Crippen molar-refractivity contribution in [3.05, 3.63) is 29.8 Å². The van der Waals surface area contributed by atoms with Gasteiger partial charge >= 0.3 is 0 Å². The van der Waals surface area contributed by atoms with Gasteiger partial charge in [-0.05, 0) is 13.0 Å². The maximum absolute atomic E-state index is 12.7. The minimum absolute atomic E-state index is 0.124. The zero-order valence-corrected chi connectivity index (χ0v) is 8.16. The van der Waals surface area contributed by atoms with Crippen molar-refractivity contribution < 1.29 is 9.13 Å². The van der Waals surface area contributed by atoms with E-state index in [0.29, 0.717) is 12.2 Å². The predicted octanol–water partition coefficient (Wildman–Crippen LogP) is 2.20. The normalized spacial score (nSPS) is 30.6. The molecule has 0 saturated heterocycles. The van der Waals surface area contributed by atoms with E-state index < -0.39 is 12.3 Å². The molecule has 76 valence electrons. The van der Waals surface area contributed by atoms with E-state index >= 15 is 0 Å². The molecule has 1 aliphatic heterocycles. The van der Waals surface area contributed by atoms with Crippen LogP contribution in [0.3, 0.4) is 0 Å². The highest BCUT2D eigenvalue weighted by Gasteiger charge is 2.35. The van der Waals surface area contributed by atoms with E-state index in [-0.39, 0.29) is 6.04 Å². The summed E-state index contributed by atoms with van der Waals surface area (Å²) in [5.74, 6) is 0.714. The van der Waals surface area contributed by atoms with E-state index in [1.54, 1.807) is 6.92 Å². The highest BCUT2D eigenvalue weighted by atomic mass is 19.1. The molecule has 0 fully saturated rings. The van der Waals surface area contributed by atoms with Gasteiger partial charge in [0.25, 0.3) is 0 Å². The number of alkyl halides is 1. The first-order valence-corrected chi connectivity index (χ1v) is 4.74. The zero-order chi connectivity index (χ0) is 10.2. The van der Waals surface area contributed by atoms with Crippen molar-refractivity contribution in [2.75, 3.05) is 6.67 Å². The summed E-state index contributed by atoms with van der Waals surface area (Å²) >= 11 is 0. The lowest BCUT2D eigenvalue weighted by Crippen LogP contribution is -2.42. The number of ether oxygens (including phenoxy) is 1. The van der Waals surface area contributed by atoms with Crippen LogP contribution in [0.1, 0.15) is 24.9 Å². The first-order chi connectivity index (χ1) is 6.64. The Balaban J connectivity index is 2.38. The van der Waals surface area contributed by atoms with E-state index in [2.05, 4.69) is 0 Å². The Hall–Kier alpha value is -1.09. The first kappa shape index (κ1) is 9.46. The number of para-hydroxylation sites is 1. The molecule has 2 rings (SSSR count). The Labute approximate surface area is 82.9 Å². The molecule has 2 atom stereocenters. The molecule has 2 N–H and O–H groups in total. The standard InChI is InChI=1S/C11H14FNO/c1-11(7-12)6-9(13)8-4-2-3-5-10(8)14-11/h2-5,9H,6-7,13H2,1H3/t9-,11+/m1/s1. The SMILES string of the molecule is C[C@@]1(CF)C[C@@H](N)c2ccccc2O1. The number of hydrogen-bond donors (Lipinski definition) is 1. The highest BCUT2D eigenvalue weighted by molar-refractivity contribution is 5.38. The summed E-state index contributed by atoms with van der Waals surface area (Å²) in [6, 6.07) is 7.43. The van der Waals surface area contributed by atoms with Crippen LogP contribution in [0.4, 0.5) is 4.39 Å². The second-order valence-corrected chi connectivity index (χ2v) is 4.03. The van der Waals surface area contributed by atoms with Crippen LogP contribution in [0.2, 0.25) is 0 Å². The number of rotatable bonds is 1. The summed E-state index contributed by atoms with van der Waals surface area (Å²) in [5.41, 5.74) is 6.17. The maximum Gasteiger partial charge on any atom is 0.136 e. The van der Waals surface area contributed by atoms with Crippen molar-refractivity contribution in [3.8, 4) is 5.75 Å². The quantitative estimate of drug-likeness (QED) is 0.745. The Kier molecular flexibility index (Phi) is 2.19. The molecule has 0 bridgehead atoms. The third-order valence-corrected chi connectivity index (χ3v) is 2.61. The number of hydrogen-bond acceptors (Lipinski definition) is 2. The molecule has 1 heterocycles. The van der Waals surface area contributed by atoms with Crippen LogP contribution < -0.4 is 10.5 Å². The van der Waals surface area contributed by atoms with Gasteiger partial charge in [-0.15, -0.1) is 0 Å². The summed E-state index contributed by atoms with van der Waals surface area (Å²) in [5, 5.41) is 0. The summed E-state index contributed by atoms with van der Waals surface area (Å²) in [7, 11) is 0. The van der Waals surface area contributed by atoms with Gasteiger partial charge in [-0.3, -0.25) is 0 Å². The predicted molar refractivity (Wildman–Crippen MR) is 53.0 cm³/mol.